The first kappa shape index (κ1) is 17.7. The van der Waals surface area contributed by atoms with E-state index in [0.717, 1.165) is 18.4 Å². The van der Waals surface area contributed by atoms with Crippen LogP contribution in [0, 0.1) is 0 Å². The average molecular weight is 313 g/mol. The number of aryl methyl sites for hydroxylation is 1. The number of carbonyl (C=O) groups is 1. The van der Waals surface area contributed by atoms with E-state index in [1.165, 1.54) is 12.7 Å². The number of ether oxygens (including phenoxy) is 1. The van der Waals surface area contributed by atoms with Crippen molar-refractivity contribution in [2.24, 2.45) is 0 Å². The molecular weight excluding hydrogens is 290 g/mol. The molecule has 0 bridgehead atoms. The molecule has 5 nitrogen and oxygen atoms in total. The summed E-state index contributed by atoms with van der Waals surface area (Å²) in [6.45, 7) is 2.11. The van der Waals surface area contributed by atoms with Crippen molar-refractivity contribution in [1.82, 2.24) is 5.32 Å². The van der Waals surface area contributed by atoms with E-state index in [1.54, 1.807) is 7.05 Å². The topological polar surface area (TPSA) is 72.5 Å². The summed E-state index contributed by atoms with van der Waals surface area (Å²) in [7, 11) is -0.623. The van der Waals surface area contributed by atoms with Crippen LogP contribution in [0.4, 0.5) is 0 Å². The lowest BCUT2D eigenvalue weighted by atomic mass is 10.0. The van der Waals surface area contributed by atoms with Gasteiger partial charge in [-0.05, 0) is 24.6 Å². The van der Waals surface area contributed by atoms with Crippen molar-refractivity contribution in [2.45, 2.75) is 25.8 Å². The molecule has 0 fully saturated rings. The van der Waals surface area contributed by atoms with Crippen LogP contribution in [0.25, 0.3) is 0 Å². The van der Waals surface area contributed by atoms with Gasteiger partial charge in [0.1, 0.15) is 5.75 Å². The first-order chi connectivity index (χ1) is 9.91. The van der Waals surface area contributed by atoms with Gasteiger partial charge in [0, 0.05) is 6.04 Å². The van der Waals surface area contributed by atoms with Crippen LogP contribution in [-0.2, 0) is 25.8 Å². The van der Waals surface area contributed by atoms with Gasteiger partial charge in [-0.3, -0.25) is 4.79 Å². The highest BCUT2D eigenvalue weighted by Crippen LogP contribution is 2.17. The lowest BCUT2D eigenvalue weighted by Crippen LogP contribution is -2.29. The van der Waals surface area contributed by atoms with E-state index in [9.17, 15) is 13.2 Å². The van der Waals surface area contributed by atoms with E-state index in [4.69, 9.17) is 0 Å². The number of benzene rings is 1. The molecule has 0 amide bonds. The fraction of sp³-hybridized carbons (Fsp3) is 0.533. The zero-order valence-corrected chi connectivity index (χ0v) is 13.6. The molecule has 0 aromatic heterocycles. The number of methoxy groups -OCH3 is 1. The molecule has 1 atom stereocenters. The van der Waals surface area contributed by atoms with Gasteiger partial charge >= 0.3 is 5.97 Å². The minimum absolute atomic E-state index is 0.133. The van der Waals surface area contributed by atoms with E-state index in [-0.39, 0.29) is 11.8 Å². The van der Waals surface area contributed by atoms with Crippen LogP contribution in [0.2, 0.25) is 0 Å². The molecule has 0 aliphatic carbocycles. The molecule has 0 heterocycles. The molecule has 0 aliphatic rings. The van der Waals surface area contributed by atoms with E-state index in [1.807, 2.05) is 24.3 Å². The van der Waals surface area contributed by atoms with Gasteiger partial charge in [-0.15, -0.1) is 0 Å². The van der Waals surface area contributed by atoms with Crippen molar-refractivity contribution in [1.29, 1.82) is 0 Å². The van der Waals surface area contributed by atoms with E-state index in [2.05, 4.69) is 17.0 Å². The van der Waals surface area contributed by atoms with Gasteiger partial charge in [0.25, 0.3) is 0 Å². The quantitative estimate of drug-likeness (QED) is 0.736. The highest BCUT2D eigenvalue weighted by molar-refractivity contribution is 7.92. The van der Waals surface area contributed by atoms with E-state index in [0.29, 0.717) is 0 Å². The maximum absolute atomic E-state index is 12.0. The van der Waals surface area contributed by atoms with Crippen LogP contribution in [0.3, 0.4) is 0 Å². The molecule has 0 saturated carbocycles. The molecule has 0 spiro atoms. The maximum atomic E-state index is 12.0. The number of nitrogens with one attached hydrogen (secondary N) is 1. The first-order valence-electron chi connectivity index (χ1n) is 6.95. The largest absolute Gasteiger partial charge is 0.468 e. The molecule has 118 valence electrons. The number of esters is 1. The maximum Gasteiger partial charge on any atom is 0.320 e. The van der Waals surface area contributed by atoms with Crippen LogP contribution < -0.4 is 5.32 Å². The molecule has 0 aliphatic heterocycles. The molecule has 1 unspecified atom stereocenters. The standard InChI is InChI=1S/C15H23NO4S/c1-4-5-12-6-8-13(9-7-12)14(16-2)10-21(18,19)11-15(17)20-3/h6-9,14,16H,4-5,10-11H2,1-3H3. The summed E-state index contributed by atoms with van der Waals surface area (Å²) in [6.07, 6.45) is 2.08. The zero-order valence-electron chi connectivity index (χ0n) is 12.8. The molecule has 1 rings (SSSR count). The van der Waals surface area contributed by atoms with Crippen molar-refractivity contribution in [3.05, 3.63) is 35.4 Å². The zero-order chi connectivity index (χ0) is 15.9. The fourth-order valence-electron chi connectivity index (χ4n) is 2.10. The van der Waals surface area contributed by atoms with Crippen LogP contribution >= 0.6 is 0 Å². The fourth-order valence-corrected chi connectivity index (χ4v) is 3.56. The minimum Gasteiger partial charge on any atom is -0.468 e. The Bertz CT molecular complexity index is 552. The molecule has 0 radical (unpaired) electrons. The molecule has 21 heavy (non-hydrogen) atoms. The summed E-state index contributed by atoms with van der Waals surface area (Å²) in [6, 6.07) is 7.54. The highest BCUT2D eigenvalue weighted by atomic mass is 32.2. The molecule has 6 heteroatoms. The number of hydrogen-bond donors (Lipinski definition) is 1. The monoisotopic (exact) mass is 313 g/mol. The summed E-state index contributed by atoms with van der Waals surface area (Å²) in [5, 5.41) is 2.99. The van der Waals surface area contributed by atoms with Crippen LogP contribution in [-0.4, -0.2) is 40.1 Å². The summed E-state index contributed by atoms with van der Waals surface area (Å²) in [5.41, 5.74) is 2.12. The Labute approximate surface area is 126 Å². The second-order valence-electron chi connectivity index (χ2n) is 4.96. The molecule has 1 aromatic rings. The van der Waals surface area contributed by atoms with Gasteiger partial charge in [-0.25, -0.2) is 8.42 Å². The first-order valence-corrected chi connectivity index (χ1v) is 8.77. The molecular formula is C15H23NO4S. The Morgan fingerprint density at radius 3 is 2.38 bits per heavy atom. The second-order valence-corrected chi connectivity index (χ2v) is 7.07. The number of carbonyl (C=O) groups excluding carboxylic acids is 1. The minimum atomic E-state index is -3.51. The number of rotatable bonds is 8. The van der Waals surface area contributed by atoms with Gasteiger partial charge in [-0.1, -0.05) is 37.6 Å². The predicted molar refractivity (Wildman–Crippen MR) is 82.9 cm³/mol. The Kier molecular flexibility index (Phi) is 6.84. The van der Waals surface area contributed by atoms with Gasteiger partial charge in [0.15, 0.2) is 9.84 Å². The summed E-state index contributed by atoms with van der Waals surface area (Å²) in [4.78, 5) is 11.1. The molecule has 1 aromatic carbocycles. The summed E-state index contributed by atoms with van der Waals surface area (Å²) in [5.74, 6) is -1.45. The number of sulfone groups is 1. The smallest absolute Gasteiger partial charge is 0.320 e. The summed E-state index contributed by atoms with van der Waals surface area (Å²) >= 11 is 0. The second kappa shape index (κ2) is 8.14. The third-order valence-electron chi connectivity index (χ3n) is 3.26. The van der Waals surface area contributed by atoms with Crippen molar-refractivity contribution >= 4 is 15.8 Å². The van der Waals surface area contributed by atoms with E-state index >= 15 is 0 Å². The normalized spacial score (nSPS) is 12.9. The van der Waals surface area contributed by atoms with Crippen molar-refractivity contribution in [2.75, 3.05) is 25.7 Å². The lowest BCUT2D eigenvalue weighted by molar-refractivity contribution is -0.137. The molecule has 0 saturated heterocycles. The van der Waals surface area contributed by atoms with Crippen molar-refractivity contribution in [3.8, 4) is 0 Å². The SMILES string of the molecule is CCCc1ccc(C(CS(=O)(=O)CC(=O)OC)NC)cc1. The third kappa shape index (κ3) is 5.85. The Hall–Kier alpha value is -1.40. The van der Waals surface area contributed by atoms with Crippen LogP contribution in [0.15, 0.2) is 24.3 Å². The van der Waals surface area contributed by atoms with E-state index < -0.39 is 21.6 Å². The van der Waals surface area contributed by atoms with Crippen molar-refractivity contribution < 1.29 is 17.9 Å². The number of hydrogen-bond acceptors (Lipinski definition) is 5. The highest BCUT2D eigenvalue weighted by Gasteiger charge is 2.23. The Balaban J connectivity index is 2.80. The van der Waals surface area contributed by atoms with Crippen LogP contribution in [0.5, 0.6) is 0 Å². The van der Waals surface area contributed by atoms with Gasteiger partial charge in [0.2, 0.25) is 0 Å². The average Bonchev–Trinajstić information content (AvgIpc) is 2.45. The third-order valence-corrected chi connectivity index (χ3v) is 4.77. The van der Waals surface area contributed by atoms with Gasteiger partial charge in [0.05, 0.1) is 12.9 Å². The predicted octanol–water partition coefficient (Wildman–Crippen LogP) is 1.49. The molecule has 1 N–H and O–H groups in total. The van der Waals surface area contributed by atoms with Crippen LogP contribution in [0.1, 0.15) is 30.5 Å². The Morgan fingerprint density at radius 2 is 1.90 bits per heavy atom. The van der Waals surface area contributed by atoms with Crippen molar-refractivity contribution in [3.63, 3.8) is 0 Å². The lowest BCUT2D eigenvalue weighted by Gasteiger charge is -2.17. The Morgan fingerprint density at radius 1 is 1.29 bits per heavy atom. The summed E-state index contributed by atoms with van der Waals surface area (Å²) < 4.78 is 28.4. The van der Waals surface area contributed by atoms with Gasteiger partial charge in [-0.2, -0.15) is 0 Å². The van der Waals surface area contributed by atoms with Gasteiger partial charge < -0.3 is 10.1 Å².